The summed E-state index contributed by atoms with van der Waals surface area (Å²) in [5.41, 5.74) is 1.78. The summed E-state index contributed by atoms with van der Waals surface area (Å²) in [5, 5.41) is 0. The summed E-state index contributed by atoms with van der Waals surface area (Å²) in [5.74, 6) is 5.70. The molecule has 1 aromatic rings. The summed E-state index contributed by atoms with van der Waals surface area (Å²) in [6.45, 7) is 2.62. The molecular formula is C12H14FN. The minimum atomic E-state index is -0.232. The number of aryl methyl sites for hydroxylation is 1. The minimum absolute atomic E-state index is 0.232. The third-order valence-corrected chi connectivity index (χ3v) is 1.82. The molecule has 0 fully saturated rings. The van der Waals surface area contributed by atoms with Crippen LogP contribution in [0.1, 0.15) is 11.1 Å². The first-order valence-electron chi connectivity index (χ1n) is 4.49. The maximum atomic E-state index is 12.9. The molecule has 0 bridgehead atoms. The van der Waals surface area contributed by atoms with Crippen LogP contribution in [0.2, 0.25) is 0 Å². The molecule has 0 atom stereocenters. The van der Waals surface area contributed by atoms with Gasteiger partial charge in [-0.3, -0.25) is 4.90 Å². The SMILES string of the molecule is Cc1ccc(F)cc1C#CCN(C)C. The van der Waals surface area contributed by atoms with E-state index in [1.54, 1.807) is 6.07 Å². The zero-order chi connectivity index (χ0) is 10.6. The quantitative estimate of drug-likeness (QED) is 0.614. The molecule has 0 aliphatic rings. The van der Waals surface area contributed by atoms with Crippen molar-refractivity contribution in [2.75, 3.05) is 20.6 Å². The Morgan fingerprint density at radius 3 is 2.71 bits per heavy atom. The van der Waals surface area contributed by atoms with Gasteiger partial charge in [0.1, 0.15) is 5.82 Å². The molecule has 1 nitrogen and oxygen atoms in total. The number of rotatable bonds is 1. The smallest absolute Gasteiger partial charge is 0.124 e. The second-order valence-electron chi connectivity index (χ2n) is 3.50. The average molecular weight is 191 g/mol. The fourth-order valence-electron chi connectivity index (χ4n) is 1.02. The van der Waals surface area contributed by atoms with Crippen molar-refractivity contribution in [3.63, 3.8) is 0 Å². The van der Waals surface area contributed by atoms with Crippen molar-refractivity contribution in [3.05, 3.63) is 35.1 Å². The van der Waals surface area contributed by atoms with Gasteiger partial charge >= 0.3 is 0 Å². The zero-order valence-corrected chi connectivity index (χ0v) is 8.76. The number of benzene rings is 1. The first kappa shape index (κ1) is 10.7. The molecule has 0 aromatic heterocycles. The van der Waals surface area contributed by atoms with E-state index in [0.717, 1.165) is 11.1 Å². The van der Waals surface area contributed by atoms with Crippen molar-refractivity contribution >= 4 is 0 Å². The van der Waals surface area contributed by atoms with Crippen molar-refractivity contribution in [2.24, 2.45) is 0 Å². The molecular weight excluding hydrogens is 177 g/mol. The van der Waals surface area contributed by atoms with E-state index in [1.807, 2.05) is 25.9 Å². The summed E-state index contributed by atoms with van der Waals surface area (Å²) in [4.78, 5) is 1.97. The number of hydrogen-bond donors (Lipinski definition) is 0. The fraction of sp³-hybridized carbons (Fsp3) is 0.333. The van der Waals surface area contributed by atoms with Crippen LogP contribution < -0.4 is 0 Å². The summed E-state index contributed by atoms with van der Waals surface area (Å²) in [7, 11) is 3.90. The Morgan fingerprint density at radius 1 is 1.36 bits per heavy atom. The lowest BCUT2D eigenvalue weighted by Gasteiger charge is -2.01. The predicted octanol–water partition coefficient (Wildman–Crippen LogP) is 2.05. The van der Waals surface area contributed by atoms with Crippen molar-refractivity contribution in [2.45, 2.75) is 6.92 Å². The Balaban J connectivity index is 2.83. The van der Waals surface area contributed by atoms with Gasteiger partial charge in [0.25, 0.3) is 0 Å². The lowest BCUT2D eigenvalue weighted by atomic mass is 10.1. The molecule has 0 spiro atoms. The largest absolute Gasteiger partial charge is 0.299 e. The van der Waals surface area contributed by atoms with E-state index in [-0.39, 0.29) is 5.82 Å². The highest BCUT2D eigenvalue weighted by molar-refractivity contribution is 5.40. The highest BCUT2D eigenvalue weighted by Crippen LogP contribution is 2.08. The third-order valence-electron chi connectivity index (χ3n) is 1.82. The van der Waals surface area contributed by atoms with Crippen LogP contribution in [0.5, 0.6) is 0 Å². The lowest BCUT2D eigenvalue weighted by molar-refractivity contribution is 0.464. The van der Waals surface area contributed by atoms with Crippen LogP contribution in [0, 0.1) is 24.6 Å². The number of nitrogens with zero attached hydrogens (tertiary/aromatic N) is 1. The van der Waals surface area contributed by atoms with E-state index in [1.165, 1.54) is 12.1 Å². The molecule has 0 N–H and O–H groups in total. The predicted molar refractivity (Wildman–Crippen MR) is 56.6 cm³/mol. The molecule has 1 rings (SSSR count). The normalized spacial score (nSPS) is 9.79. The monoisotopic (exact) mass is 191 g/mol. The van der Waals surface area contributed by atoms with Crippen LogP contribution in [0.25, 0.3) is 0 Å². The van der Waals surface area contributed by atoms with Crippen molar-refractivity contribution < 1.29 is 4.39 Å². The van der Waals surface area contributed by atoms with Crippen LogP contribution in [0.15, 0.2) is 18.2 Å². The van der Waals surface area contributed by atoms with Gasteiger partial charge in [0.2, 0.25) is 0 Å². The van der Waals surface area contributed by atoms with Gasteiger partial charge in [0.15, 0.2) is 0 Å². The maximum Gasteiger partial charge on any atom is 0.124 e. The Kier molecular flexibility index (Phi) is 3.67. The molecule has 1 aromatic carbocycles. The topological polar surface area (TPSA) is 3.24 Å². The molecule has 74 valence electrons. The van der Waals surface area contributed by atoms with E-state index in [2.05, 4.69) is 11.8 Å². The van der Waals surface area contributed by atoms with E-state index >= 15 is 0 Å². The summed E-state index contributed by atoms with van der Waals surface area (Å²) in [6.07, 6.45) is 0. The second-order valence-corrected chi connectivity index (χ2v) is 3.50. The molecule has 0 saturated heterocycles. The van der Waals surface area contributed by atoms with Crippen molar-refractivity contribution in [1.82, 2.24) is 4.90 Å². The van der Waals surface area contributed by atoms with Gasteiger partial charge in [-0.25, -0.2) is 4.39 Å². The van der Waals surface area contributed by atoms with Crippen LogP contribution in [0.4, 0.5) is 4.39 Å². The van der Waals surface area contributed by atoms with Crippen molar-refractivity contribution in [3.8, 4) is 11.8 Å². The summed E-state index contributed by atoms with van der Waals surface area (Å²) < 4.78 is 12.9. The van der Waals surface area contributed by atoms with Crippen LogP contribution in [-0.2, 0) is 0 Å². The molecule has 0 aliphatic heterocycles. The van der Waals surface area contributed by atoms with Gasteiger partial charge in [0, 0.05) is 5.56 Å². The molecule has 0 amide bonds. The Hall–Kier alpha value is -1.33. The average Bonchev–Trinajstić information content (AvgIpc) is 2.10. The first-order valence-corrected chi connectivity index (χ1v) is 4.49. The summed E-state index contributed by atoms with van der Waals surface area (Å²) >= 11 is 0. The van der Waals surface area contributed by atoms with Gasteiger partial charge in [-0.1, -0.05) is 17.9 Å². The Morgan fingerprint density at radius 2 is 2.07 bits per heavy atom. The lowest BCUT2D eigenvalue weighted by Crippen LogP contribution is -2.10. The first-order chi connectivity index (χ1) is 6.59. The summed E-state index contributed by atoms with van der Waals surface area (Å²) in [6, 6.07) is 4.67. The maximum absolute atomic E-state index is 12.9. The van der Waals surface area contributed by atoms with Crippen LogP contribution in [0.3, 0.4) is 0 Å². The highest BCUT2D eigenvalue weighted by Gasteiger charge is 1.95. The van der Waals surface area contributed by atoms with E-state index in [4.69, 9.17) is 0 Å². The van der Waals surface area contributed by atoms with Gasteiger partial charge in [-0.15, -0.1) is 0 Å². The second kappa shape index (κ2) is 4.78. The van der Waals surface area contributed by atoms with Crippen LogP contribution in [-0.4, -0.2) is 25.5 Å². The van der Waals surface area contributed by atoms with Gasteiger partial charge in [-0.2, -0.15) is 0 Å². The van der Waals surface area contributed by atoms with Crippen molar-refractivity contribution in [1.29, 1.82) is 0 Å². The van der Waals surface area contributed by atoms with E-state index in [0.29, 0.717) is 6.54 Å². The minimum Gasteiger partial charge on any atom is -0.299 e. The van der Waals surface area contributed by atoms with E-state index in [9.17, 15) is 4.39 Å². The highest BCUT2D eigenvalue weighted by atomic mass is 19.1. The molecule has 0 radical (unpaired) electrons. The molecule has 2 heteroatoms. The van der Waals surface area contributed by atoms with Gasteiger partial charge < -0.3 is 0 Å². The zero-order valence-electron chi connectivity index (χ0n) is 8.76. The molecule has 0 unspecified atom stereocenters. The van der Waals surface area contributed by atoms with E-state index < -0.39 is 0 Å². The molecule has 0 aliphatic carbocycles. The Labute approximate surface area is 84.5 Å². The fourth-order valence-corrected chi connectivity index (χ4v) is 1.02. The standard InChI is InChI=1S/C12H14FN/c1-10-6-7-12(13)9-11(10)5-4-8-14(2)3/h6-7,9H,8H2,1-3H3. The third kappa shape index (κ3) is 3.20. The molecule has 0 saturated carbocycles. The van der Waals surface area contributed by atoms with Gasteiger partial charge in [0.05, 0.1) is 6.54 Å². The molecule has 14 heavy (non-hydrogen) atoms. The van der Waals surface area contributed by atoms with Crippen LogP contribution >= 0.6 is 0 Å². The number of halogens is 1. The number of hydrogen-bond acceptors (Lipinski definition) is 1. The molecule has 0 heterocycles. The Bertz CT molecular complexity index is 372. The van der Waals surface area contributed by atoms with Gasteiger partial charge in [-0.05, 0) is 38.7 Å².